The van der Waals surface area contributed by atoms with E-state index in [0.29, 0.717) is 11.4 Å². The molecule has 0 saturated carbocycles. The first-order valence-electron chi connectivity index (χ1n) is 7.46. The number of carbonyl (C=O) groups excluding carboxylic acids is 1. The average Bonchev–Trinajstić information content (AvgIpc) is 2.60. The zero-order chi connectivity index (χ0) is 18.1. The van der Waals surface area contributed by atoms with E-state index in [9.17, 15) is 19.7 Å². The summed E-state index contributed by atoms with van der Waals surface area (Å²) >= 11 is 0. The zero-order valence-electron chi connectivity index (χ0n) is 13.5. The van der Waals surface area contributed by atoms with Crippen molar-refractivity contribution in [3.8, 4) is 0 Å². The normalized spacial score (nSPS) is 16.0. The van der Waals surface area contributed by atoms with E-state index in [-0.39, 0.29) is 22.4 Å². The molecule has 2 aromatic rings. The number of anilines is 1. The second kappa shape index (κ2) is 6.23. The van der Waals surface area contributed by atoms with Crippen LogP contribution in [0.2, 0.25) is 0 Å². The van der Waals surface area contributed by atoms with Gasteiger partial charge >= 0.3 is 5.97 Å². The van der Waals surface area contributed by atoms with E-state index in [1.54, 1.807) is 25.1 Å². The monoisotopic (exact) mass is 341 g/mol. The van der Waals surface area contributed by atoms with Crippen molar-refractivity contribution >= 4 is 17.3 Å². The van der Waals surface area contributed by atoms with Gasteiger partial charge in [-0.2, -0.15) is 0 Å². The Morgan fingerprint density at radius 3 is 2.68 bits per heavy atom. The molecule has 1 atom stereocenters. The van der Waals surface area contributed by atoms with Gasteiger partial charge < -0.3 is 15.0 Å². The number of nitro groups is 1. The van der Waals surface area contributed by atoms with E-state index in [1.165, 1.54) is 25.4 Å². The largest absolute Gasteiger partial charge is 0.466 e. The quantitative estimate of drug-likeness (QED) is 0.503. The molecular formula is C17H15N3O5. The third-order valence-electron chi connectivity index (χ3n) is 4.15. The highest BCUT2D eigenvalue weighted by atomic mass is 16.6. The Morgan fingerprint density at radius 2 is 2.00 bits per heavy atom. The van der Waals surface area contributed by atoms with Crippen LogP contribution in [0, 0.1) is 10.1 Å². The number of aromatic amines is 1. The molecule has 0 saturated heterocycles. The van der Waals surface area contributed by atoms with Gasteiger partial charge in [-0.05, 0) is 13.0 Å². The Balaban J connectivity index is 2.37. The zero-order valence-corrected chi connectivity index (χ0v) is 13.5. The highest BCUT2D eigenvalue weighted by Gasteiger charge is 2.38. The maximum atomic E-state index is 12.5. The molecule has 0 bridgehead atoms. The third-order valence-corrected chi connectivity index (χ3v) is 4.15. The number of nitrogens with zero attached hydrogens (tertiary/aromatic N) is 1. The number of hydrogen-bond donors (Lipinski definition) is 2. The van der Waals surface area contributed by atoms with Gasteiger partial charge in [-0.3, -0.25) is 14.9 Å². The first-order valence-corrected chi connectivity index (χ1v) is 7.46. The molecule has 3 rings (SSSR count). The van der Waals surface area contributed by atoms with E-state index < -0.39 is 22.4 Å². The van der Waals surface area contributed by atoms with Crippen molar-refractivity contribution in [2.45, 2.75) is 12.8 Å². The number of nitrogens with one attached hydrogen (secondary N) is 2. The number of esters is 1. The molecule has 0 fully saturated rings. The summed E-state index contributed by atoms with van der Waals surface area (Å²) in [4.78, 5) is 38.3. The SMILES string of the molecule is COC(=O)C1=C(C)Nc2cc[nH]c(=O)c2C1c1ccccc1[N+](=O)[O-]. The maximum Gasteiger partial charge on any atom is 0.336 e. The standard InChI is InChI=1S/C17H15N3O5/c1-9-13(17(22)25-2)14(10-5-3-4-6-12(10)20(23)24)15-11(19-9)7-8-18-16(15)21/h3-8,14,19H,1-2H3,(H,18,21). The number of para-hydroxylation sites is 1. The fraction of sp³-hybridized carbons (Fsp3) is 0.176. The van der Waals surface area contributed by atoms with Gasteiger partial charge in [0.1, 0.15) is 0 Å². The minimum Gasteiger partial charge on any atom is -0.466 e. The Labute approximate surface area is 142 Å². The molecule has 1 aliphatic heterocycles. The van der Waals surface area contributed by atoms with Gasteiger partial charge in [0.25, 0.3) is 11.2 Å². The van der Waals surface area contributed by atoms with Crippen LogP contribution in [0.5, 0.6) is 0 Å². The molecule has 1 aromatic heterocycles. The summed E-state index contributed by atoms with van der Waals surface area (Å²) in [6.07, 6.45) is 1.47. The van der Waals surface area contributed by atoms with Crippen LogP contribution in [0.3, 0.4) is 0 Å². The Hall–Kier alpha value is -3.42. The minimum atomic E-state index is -0.907. The van der Waals surface area contributed by atoms with Gasteiger partial charge in [0, 0.05) is 29.2 Å². The molecule has 0 spiro atoms. The number of benzene rings is 1. The molecule has 1 aliphatic rings. The van der Waals surface area contributed by atoms with Gasteiger partial charge in [-0.1, -0.05) is 18.2 Å². The number of fused-ring (bicyclic) bond motifs is 1. The van der Waals surface area contributed by atoms with Crippen molar-refractivity contribution in [3.05, 3.63) is 79.4 Å². The van der Waals surface area contributed by atoms with Crippen LogP contribution < -0.4 is 10.9 Å². The number of rotatable bonds is 3. The van der Waals surface area contributed by atoms with Crippen molar-refractivity contribution in [1.29, 1.82) is 0 Å². The van der Waals surface area contributed by atoms with Crippen molar-refractivity contribution in [2.24, 2.45) is 0 Å². The Bertz CT molecular complexity index is 961. The van der Waals surface area contributed by atoms with Gasteiger partial charge in [0.2, 0.25) is 0 Å². The highest BCUT2D eigenvalue weighted by Crippen LogP contribution is 2.43. The Kier molecular flexibility index (Phi) is 4.10. The van der Waals surface area contributed by atoms with E-state index in [2.05, 4.69) is 10.3 Å². The molecule has 1 unspecified atom stereocenters. The molecule has 0 radical (unpaired) electrons. The van der Waals surface area contributed by atoms with Crippen LogP contribution >= 0.6 is 0 Å². The summed E-state index contributed by atoms with van der Waals surface area (Å²) in [5.41, 5.74) is 1.04. The summed E-state index contributed by atoms with van der Waals surface area (Å²) in [5, 5.41) is 14.5. The molecule has 8 nitrogen and oxygen atoms in total. The summed E-state index contributed by atoms with van der Waals surface area (Å²) in [6.45, 7) is 1.66. The van der Waals surface area contributed by atoms with Crippen LogP contribution in [0.25, 0.3) is 0 Å². The lowest BCUT2D eigenvalue weighted by molar-refractivity contribution is -0.385. The first-order chi connectivity index (χ1) is 12.0. The van der Waals surface area contributed by atoms with Crippen molar-refractivity contribution in [2.75, 3.05) is 12.4 Å². The van der Waals surface area contributed by atoms with Crippen molar-refractivity contribution < 1.29 is 14.5 Å². The second-order valence-corrected chi connectivity index (χ2v) is 5.54. The van der Waals surface area contributed by atoms with Crippen LogP contribution in [-0.4, -0.2) is 23.0 Å². The fourth-order valence-corrected chi connectivity index (χ4v) is 3.11. The lowest BCUT2D eigenvalue weighted by Gasteiger charge is -2.28. The van der Waals surface area contributed by atoms with Crippen LogP contribution in [0.4, 0.5) is 11.4 Å². The first kappa shape index (κ1) is 16.4. The smallest absolute Gasteiger partial charge is 0.336 e. The molecule has 25 heavy (non-hydrogen) atoms. The van der Waals surface area contributed by atoms with Gasteiger partial charge in [0.15, 0.2) is 0 Å². The molecular weight excluding hydrogens is 326 g/mol. The number of allylic oxidation sites excluding steroid dienone is 1. The number of aromatic nitrogens is 1. The lowest BCUT2D eigenvalue weighted by Crippen LogP contribution is -2.29. The van der Waals surface area contributed by atoms with E-state index in [4.69, 9.17) is 4.74 Å². The summed E-state index contributed by atoms with van der Waals surface area (Å²) < 4.78 is 4.85. The number of methoxy groups -OCH3 is 1. The molecule has 8 heteroatoms. The molecule has 1 aromatic carbocycles. The van der Waals surface area contributed by atoms with Crippen molar-refractivity contribution in [3.63, 3.8) is 0 Å². The summed E-state index contributed by atoms with van der Waals surface area (Å²) in [6, 6.07) is 7.70. The summed E-state index contributed by atoms with van der Waals surface area (Å²) in [5.74, 6) is -1.56. The average molecular weight is 341 g/mol. The highest BCUT2D eigenvalue weighted by molar-refractivity contribution is 5.94. The van der Waals surface area contributed by atoms with E-state index in [0.717, 1.165) is 0 Å². The number of nitro benzene ring substituents is 1. The van der Waals surface area contributed by atoms with Gasteiger partial charge in [0.05, 0.1) is 29.1 Å². The van der Waals surface area contributed by atoms with Crippen molar-refractivity contribution in [1.82, 2.24) is 4.98 Å². The molecule has 0 aliphatic carbocycles. The topological polar surface area (TPSA) is 114 Å². The van der Waals surface area contributed by atoms with Gasteiger partial charge in [-0.15, -0.1) is 0 Å². The fourth-order valence-electron chi connectivity index (χ4n) is 3.11. The van der Waals surface area contributed by atoms with E-state index in [1.807, 2.05) is 0 Å². The number of ether oxygens (including phenoxy) is 1. The predicted octanol–water partition coefficient (Wildman–Crippen LogP) is 2.29. The lowest BCUT2D eigenvalue weighted by atomic mass is 9.80. The van der Waals surface area contributed by atoms with Crippen LogP contribution in [0.1, 0.15) is 24.0 Å². The summed E-state index contributed by atoms with van der Waals surface area (Å²) in [7, 11) is 1.23. The molecule has 0 amide bonds. The number of hydrogen-bond acceptors (Lipinski definition) is 6. The minimum absolute atomic E-state index is 0.168. The number of pyridine rings is 1. The molecule has 2 N–H and O–H groups in total. The number of H-pyrrole nitrogens is 1. The second-order valence-electron chi connectivity index (χ2n) is 5.54. The number of carbonyl (C=O) groups is 1. The maximum absolute atomic E-state index is 12.5. The molecule has 128 valence electrons. The Morgan fingerprint density at radius 1 is 1.28 bits per heavy atom. The predicted molar refractivity (Wildman–Crippen MR) is 90.3 cm³/mol. The van der Waals surface area contributed by atoms with E-state index >= 15 is 0 Å². The third kappa shape index (κ3) is 2.67. The van der Waals surface area contributed by atoms with Crippen LogP contribution in [-0.2, 0) is 9.53 Å². The van der Waals surface area contributed by atoms with Gasteiger partial charge in [-0.25, -0.2) is 4.79 Å². The van der Waals surface area contributed by atoms with Crippen LogP contribution in [0.15, 0.2) is 52.6 Å². The molecule has 2 heterocycles.